The third kappa shape index (κ3) is 1.53. The van der Waals surface area contributed by atoms with E-state index in [2.05, 4.69) is 44.9 Å². The van der Waals surface area contributed by atoms with E-state index in [1.54, 1.807) is 0 Å². The molecule has 1 aliphatic rings. The predicted octanol–water partition coefficient (Wildman–Crippen LogP) is 2.87. The van der Waals surface area contributed by atoms with Crippen molar-refractivity contribution in [2.24, 2.45) is 5.92 Å². The molecule has 0 radical (unpaired) electrons. The maximum absolute atomic E-state index is 2.31. The zero-order chi connectivity index (χ0) is 7.56. The Morgan fingerprint density at radius 3 is 2.10 bits per heavy atom. The summed E-state index contributed by atoms with van der Waals surface area (Å²) >= 11 is 0. The molecular formula is C9H15B. The molecule has 0 aromatic heterocycles. The van der Waals surface area contributed by atoms with Crippen LogP contribution in [0.15, 0.2) is 24.3 Å². The zero-order valence-electron chi connectivity index (χ0n) is 7.04. The molecule has 0 spiro atoms. The lowest BCUT2D eigenvalue weighted by Crippen LogP contribution is -2.14. The van der Waals surface area contributed by atoms with Crippen LogP contribution in [0.2, 0.25) is 19.5 Å². The minimum atomic E-state index is 0.694. The topological polar surface area (TPSA) is 0 Å². The first-order valence-electron chi connectivity index (χ1n) is 4.07. The van der Waals surface area contributed by atoms with Crippen LogP contribution in [-0.2, 0) is 0 Å². The minimum Gasteiger partial charge on any atom is -0.0861 e. The lowest BCUT2D eigenvalue weighted by Gasteiger charge is -2.17. The van der Waals surface area contributed by atoms with Crippen LogP contribution in [0.25, 0.3) is 0 Å². The zero-order valence-corrected chi connectivity index (χ0v) is 7.04. The van der Waals surface area contributed by atoms with Crippen molar-refractivity contribution < 1.29 is 0 Å². The summed E-state index contributed by atoms with van der Waals surface area (Å²) in [6.07, 6.45) is 8.85. The number of hydrogen-bond acceptors (Lipinski definition) is 0. The van der Waals surface area contributed by atoms with Crippen molar-refractivity contribution in [3.05, 3.63) is 24.3 Å². The highest BCUT2D eigenvalue weighted by Crippen LogP contribution is 2.26. The van der Waals surface area contributed by atoms with E-state index in [9.17, 15) is 0 Å². The second kappa shape index (κ2) is 3.09. The summed E-state index contributed by atoms with van der Waals surface area (Å²) in [7, 11) is 0. The van der Waals surface area contributed by atoms with E-state index in [1.165, 1.54) is 0 Å². The summed E-state index contributed by atoms with van der Waals surface area (Å²) in [5, 5.41) is 0. The van der Waals surface area contributed by atoms with Crippen molar-refractivity contribution >= 4 is 6.71 Å². The molecule has 0 nitrogen and oxygen atoms in total. The van der Waals surface area contributed by atoms with E-state index in [-0.39, 0.29) is 0 Å². The molecule has 0 heterocycles. The lowest BCUT2D eigenvalue weighted by atomic mass is 9.43. The van der Waals surface area contributed by atoms with Gasteiger partial charge in [-0.15, -0.1) is 0 Å². The minimum absolute atomic E-state index is 0.694. The van der Waals surface area contributed by atoms with Gasteiger partial charge < -0.3 is 0 Å². The molecule has 0 aromatic rings. The molecule has 0 aromatic carbocycles. The van der Waals surface area contributed by atoms with E-state index in [4.69, 9.17) is 0 Å². The molecule has 0 bridgehead atoms. The normalized spacial score (nSPS) is 19.9. The lowest BCUT2D eigenvalue weighted by molar-refractivity contribution is 0.763. The van der Waals surface area contributed by atoms with Gasteiger partial charge in [0.1, 0.15) is 6.71 Å². The first-order chi connectivity index (χ1) is 4.72. The van der Waals surface area contributed by atoms with Gasteiger partial charge >= 0.3 is 0 Å². The Kier molecular flexibility index (Phi) is 2.36. The smallest absolute Gasteiger partial charge is 0.0861 e. The van der Waals surface area contributed by atoms with Crippen molar-refractivity contribution in [3.63, 3.8) is 0 Å². The van der Waals surface area contributed by atoms with Crippen LogP contribution in [0.4, 0.5) is 0 Å². The Balaban J connectivity index is 2.49. The Bertz CT molecular complexity index is 144. The van der Waals surface area contributed by atoms with Crippen molar-refractivity contribution in [1.29, 1.82) is 0 Å². The second-order valence-corrected chi connectivity index (χ2v) is 3.45. The van der Waals surface area contributed by atoms with Crippen molar-refractivity contribution in [3.8, 4) is 0 Å². The highest BCUT2D eigenvalue weighted by Gasteiger charge is 2.18. The van der Waals surface area contributed by atoms with Gasteiger partial charge in [-0.05, 0) is 5.92 Å². The van der Waals surface area contributed by atoms with E-state index in [0.717, 1.165) is 12.5 Å². The summed E-state index contributed by atoms with van der Waals surface area (Å²) in [5.74, 6) is 1.48. The fourth-order valence-corrected chi connectivity index (χ4v) is 1.24. The van der Waals surface area contributed by atoms with E-state index in [1.807, 2.05) is 0 Å². The molecule has 1 unspecified atom stereocenters. The molecule has 1 rings (SSSR count). The fourth-order valence-electron chi connectivity index (χ4n) is 1.24. The van der Waals surface area contributed by atoms with Gasteiger partial charge in [-0.25, -0.2) is 0 Å². The van der Waals surface area contributed by atoms with Crippen molar-refractivity contribution in [1.82, 2.24) is 0 Å². The molecule has 10 heavy (non-hydrogen) atoms. The molecule has 0 fully saturated rings. The summed E-state index contributed by atoms with van der Waals surface area (Å²) in [5.41, 5.74) is 0. The van der Waals surface area contributed by atoms with Crippen LogP contribution in [0.3, 0.4) is 0 Å². The van der Waals surface area contributed by atoms with Gasteiger partial charge in [0.2, 0.25) is 0 Å². The van der Waals surface area contributed by atoms with E-state index >= 15 is 0 Å². The molecular weight excluding hydrogens is 119 g/mol. The van der Waals surface area contributed by atoms with Crippen LogP contribution in [0.5, 0.6) is 0 Å². The third-order valence-electron chi connectivity index (χ3n) is 2.44. The Morgan fingerprint density at radius 1 is 1.20 bits per heavy atom. The van der Waals surface area contributed by atoms with Gasteiger partial charge in [0, 0.05) is 0 Å². The standard InChI is InChI=1S/C9H15B/c1-8(10(2)3)9-6-4-5-7-9/h4-9H,1-3H3. The molecule has 0 aliphatic heterocycles. The molecule has 0 saturated heterocycles. The molecule has 0 saturated carbocycles. The van der Waals surface area contributed by atoms with Gasteiger partial charge in [0.25, 0.3) is 0 Å². The average Bonchev–Trinajstić information content (AvgIpc) is 2.36. The van der Waals surface area contributed by atoms with E-state index in [0.29, 0.717) is 5.92 Å². The van der Waals surface area contributed by atoms with Gasteiger partial charge in [-0.3, -0.25) is 0 Å². The van der Waals surface area contributed by atoms with Crippen LogP contribution in [0, 0.1) is 5.92 Å². The molecule has 1 heteroatoms. The van der Waals surface area contributed by atoms with Crippen molar-refractivity contribution in [2.75, 3.05) is 0 Å². The Morgan fingerprint density at radius 2 is 1.70 bits per heavy atom. The van der Waals surface area contributed by atoms with Crippen LogP contribution >= 0.6 is 0 Å². The molecule has 1 aliphatic carbocycles. The molecule has 1 atom stereocenters. The monoisotopic (exact) mass is 134 g/mol. The third-order valence-corrected chi connectivity index (χ3v) is 2.44. The highest BCUT2D eigenvalue weighted by atomic mass is 14.1. The molecule has 0 amide bonds. The quantitative estimate of drug-likeness (QED) is 0.509. The summed E-state index contributed by atoms with van der Waals surface area (Å²) in [6.45, 7) is 7.67. The second-order valence-electron chi connectivity index (χ2n) is 3.45. The first kappa shape index (κ1) is 7.65. The summed E-state index contributed by atoms with van der Waals surface area (Å²) < 4.78 is 0. The number of allylic oxidation sites excluding steroid dienone is 4. The maximum Gasteiger partial charge on any atom is 0.137 e. The fraction of sp³-hybridized carbons (Fsp3) is 0.556. The SMILES string of the molecule is CB(C)C(C)C1C=CC=C1. The van der Waals surface area contributed by atoms with Crippen LogP contribution in [0.1, 0.15) is 6.92 Å². The van der Waals surface area contributed by atoms with Gasteiger partial charge in [0.15, 0.2) is 0 Å². The molecule has 54 valence electrons. The van der Waals surface area contributed by atoms with Gasteiger partial charge in [-0.2, -0.15) is 0 Å². The first-order valence-corrected chi connectivity index (χ1v) is 4.07. The predicted molar refractivity (Wildman–Crippen MR) is 48.7 cm³/mol. The number of hydrogen-bond donors (Lipinski definition) is 0. The van der Waals surface area contributed by atoms with Crippen LogP contribution in [-0.4, -0.2) is 6.71 Å². The van der Waals surface area contributed by atoms with Crippen molar-refractivity contribution in [2.45, 2.75) is 26.4 Å². The van der Waals surface area contributed by atoms with Gasteiger partial charge in [0.05, 0.1) is 0 Å². The Hall–Kier alpha value is -0.455. The number of rotatable bonds is 2. The highest BCUT2D eigenvalue weighted by molar-refractivity contribution is 6.57. The van der Waals surface area contributed by atoms with E-state index < -0.39 is 0 Å². The Labute approximate surface area is 64.1 Å². The summed E-state index contributed by atoms with van der Waals surface area (Å²) in [4.78, 5) is 0. The average molecular weight is 134 g/mol. The summed E-state index contributed by atoms with van der Waals surface area (Å²) in [6, 6.07) is 0. The van der Waals surface area contributed by atoms with Gasteiger partial charge in [-0.1, -0.05) is 50.7 Å². The maximum atomic E-state index is 2.31. The molecule has 0 N–H and O–H groups in total. The largest absolute Gasteiger partial charge is 0.137 e. The van der Waals surface area contributed by atoms with Crippen LogP contribution < -0.4 is 0 Å².